The van der Waals surface area contributed by atoms with Crippen molar-refractivity contribution in [1.29, 1.82) is 0 Å². The van der Waals surface area contributed by atoms with Crippen LogP contribution < -0.4 is 11.5 Å². The van der Waals surface area contributed by atoms with Crippen LogP contribution in [0.4, 0.5) is 0 Å². The predicted molar refractivity (Wildman–Crippen MR) is 50.5 cm³/mol. The Morgan fingerprint density at radius 2 is 2.00 bits per heavy atom. The van der Waals surface area contributed by atoms with Gasteiger partial charge in [-0.05, 0) is 23.9 Å². The molecule has 0 saturated carbocycles. The van der Waals surface area contributed by atoms with Crippen LogP contribution in [-0.2, 0) is 4.84 Å². The number of hydrogen-bond donors (Lipinski definition) is 2. The maximum Gasteiger partial charge on any atom is 0.228 e. The van der Waals surface area contributed by atoms with Crippen molar-refractivity contribution in [3.63, 3.8) is 0 Å². The van der Waals surface area contributed by atoms with E-state index in [1.54, 1.807) is 0 Å². The molecule has 72 valence electrons. The van der Waals surface area contributed by atoms with E-state index in [-0.39, 0.29) is 5.96 Å². The molecule has 4 heteroatoms. The summed E-state index contributed by atoms with van der Waals surface area (Å²) in [4.78, 5) is 4.81. The number of unbranched alkanes of at least 4 members (excludes halogenated alkanes) is 1. The topological polar surface area (TPSA) is 73.6 Å². The Kier molecular flexibility index (Phi) is 6.24. The Labute approximate surface area is 73.9 Å². The maximum atomic E-state index is 5.06. The Morgan fingerprint density at radius 1 is 1.33 bits per heavy atom. The highest BCUT2D eigenvalue weighted by Gasteiger charge is 1.93. The SMILES string of the molecule is CC(C)CCCCON=C(N)N. The van der Waals surface area contributed by atoms with Crippen LogP contribution >= 0.6 is 0 Å². The van der Waals surface area contributed by atoms with Crippen LogP contribution in [0.2, 0.25) is 0 Å². The summed E-state index contributed by atoms with van der Waals surface area (Å²) in [5, 5.41) is 3.41. The van der Waals surface area contributed by atoms with Gasteiger partial charge in [0, 0.05) is 0 Å². The van der Waals surface area contributed by atoms with Crippen LogP contribution in [0.15, 0.2) is 5.16 Å². The summed E-state index contributed by atoms with van der Waals surface area (Å²) in [6, 6.07) is 0. The van der Waals surface area contributed by atoms with Crippen molar-refractivity contribution in [3.05, 3.63) is 0 Å². The lowest BCUT2D eigenvalue weighted by molar-refractivity contribution is 0.138. The maximum absolute atomic E-state index is 5.06. The first-order chi connectivity index (χ1) is 5.63. The average Bonchev–Trinajstić information content (AvgIpc) is 1.95. The Balaban J connectivity index is 3.06. The van der Waals surface area contributed by atoms with Crippen LogP contribution in [0.1, 0.15) is 33.1 Å². The first kappa shape index (κ1) is 11.1. The highest BCUT2D eigenvalue weighted by molar-refractivity contribution is 5.74. The van der Waals surface area contributed by atoms with Crippen molar-refractivity contribution >= 4 is 5.96 Å². The second-order valence-corrected chi connectivity index (χ2v) is 3.24. The summed E-state index contributed by atoms with van der Waals surface area (Å²) in [5.74, 6) is 0.743. The number of nitrogens with zero attached hydrogens (tertiary/aromatic N) is 1. The van der Waals surface area contributed by atoms with Gasteiger partial charge in [0.1, 0.15) is 6.61 Å². The molecule has 0 aliphatic carbocycles. The summed E-state index contributed by atoms with van der Waals surface area (Å²) in [5.41, 5.74) is 10.1. The van der Waals surface area contributed by atoms with Gasteiger partial charge in [-0.25, -0.2) is 0 Å². The molecular formula is C8H19N3O. The molecule has 12 heavy (non-hydrogen) atoms. The minimum absolute atomic E-state index is 0.0149. The fourth-order valence-corrected chi connectivity index (χ4v) is 0.839. The van der Waals surface area contributed by atoms with E-state index in [4.69, 9.17) is 16.3 Å². The molecule has 0 amide bonds. The number of guanidine groups is 1. The molecule has 0 aromatic heterocycles. The van der Waals surface area contributed by atoms with E-state index in [1.807, 2.05) is 0 Å². The van der Waals surface area contributed by atoms with Crippen LogP contribution in [0.3, 0.4) is 0 Å². The molecule has 0 fully saturated rings. The van der Waals surface area contributed by atoms with E-state index >= 15 is 0 Å². The Bertz CT molecular complexity index is 130. The minimum atomic E-state index is -0.0149. The minimum Gasteiger partial charge on any atom is -0.393 e. The summed E-state index contributed by atoms with van der Waals surface area (Å²) in [6.45, 7) is 5.01. The zero-order chi connectivity index (χ0) is 9.40. The molecule has 0 aromatic rings. The summed E-state index contributed by atoms with van der Waals surface area (Å²) in [6.07, 6.45) is 3.40. The first-order valence-corrected chi connectivity index (χ1v) is 4.34. The lowest BCUT2D eigenvalue weighted by atomic mass is 10.1. The first-order valence-electron chi connectivity index (χ1n) is 4.34. The lowest BCUT2D eigenvalue weighted by Crippen LogP contribution is -2.22. The molecule has 0 bridgehead atoms. The molecule has 0 heterocycles. The zero-order valence-electron chi connectivity index (χ0n) is 7.92. The molecule has 4 N–H and O–H groups in total. The number of rotatable bonds is 6. The second kappa shape index (κ2) is 6.76. The monoisotopic (exact) mass is 173 g/mol. The molecule has 0 aliphatic rings. The van der Waals surface area contributed by atoms with E-state index in [1.165, 1.54) is 6.42 Å². The standard InChI is InChI=1S/C8H19N3O/c1-7(2)5-3-4-6-12-11-8(9)10/h7H,3-6H2,1-2H3,(H4,9,10,11). The summed E-state index contributed by atoms with van der Waals surface area (Å²) < 4.78 is 0. The van der Waals surface area contributed by atoms with Crippen molar-refractivity contribution in [2.75, 3.05) is 6.61 Å². The lowest BCUT2D eigenvalue weighted by Gasteiger charge is -2.02. The van der Waals surface area contributed by atoms with Gasteiger partial charge in [0.2, 0.25) is 5.96 Å². The third kappa shape index (κ3) is 9.07. The van der Waals surface area contributed by atoms with E-state index < -0.39 is 0 Å². The molecule has 0 spiro atoms. The Morgan fingerprint density at radius 3 is 2.50 bits per heavy atom. The van der Waals surface area contributed by atoms with Gasteiger partial charge < -0.3 is 16.3 Å². The molecule has 0 saturated heterocycles. The molecule has 0 atom stereocenters. The average molecular weight is 173 g/mol. The smallest absolute Gasteiger partial charge is 0.228 e. The van der Waals surface area contributed by atoms with Crippen molar-refractivity contribution in [1.82, 2.24) is 0 Å². The van der Waals surface area contributed by atoms with Crippen molar-refractivity contribution in [2.24, 2.45) is 22.5 Å². The second-order valence-electron chi connectivity index (χ2n) is 3.24. The third-order valence-corrected chi connectivity index (χ3v) is 1.44. The fraction of sp³-hybridized carbons (Fsp3) is 0.875. The Hall–Kier alpha value is -0.930. The van der Waals surface area contributed by atoms with Crippen LogP contribution in [0.5, 0.6) is 0 Å². The number of oxime groups is 1. The highest BCUT2D eigenvalue weighted by Crippen LogP contribution is 2.05. The predicted octanol–water partition coefficient (Wildman–Crippen LogP) is 1.02. The molecule has 0 radical (unpaired) electrons. The number of hydrogen-bond acceptors (Lipinski definition) is 2. The molecule has 0 aliphatic heterocycles. The van der Waals surface area contributed by atoms with Gasteiger partial charge >= 0.3 is 0 Å². The number of nitrogens with two attached hydrogens (primary N) is 2. The van der Waals surface area contributed by atoms with Gasteiger partial charge in [0.25, 0.3) is 0 Å². The van der Waals surface area contributed by atoms with Gasteiger partial charge in [-0.15, -0.1) is 0 Å². The largest absolute Gasteiger partial charge is 0.393 e. The normalized spacial score (nSPS) is 9.92. The summed E-state index contributed by atoms with van der Waals surface area (Å²) >= 11 is 0. The van der Waals surface area contributed by atoms with Crippen molar-refractivity contribution < 1.29 is 4.84 Å². The van der Waals surface area contributed by atoms with Crippen LogP contribution in [0.25, 0.3) is 0 Å². The van der Waals surface area contributed by atoms with Gasteiger partial charge in [-0.2, -0.15) is 0 Å². The molecular weight excluding hydrogens is 154 g/mol. The van der Waals surface area contributed by atoms with Crippen molar-refractivity contribution in [2.45, 2.75) is 33.1 Å². The molecule has 0 unspecified atom stereocenters. The quantitative estimate of drug-likeness (QED) is 0.272. The highest BCUT2D eigenvalue weighted by atomic mass is 16.6. The van der Waals surface area contributed by atoms with E-state index in [0.29, 0.717) is 6.61 Å². The van der Waals surface area contributed by atoms with Gasteiger partial charge in [-0.1, -0.05) is 20.3 Å². The van der Waals surface area contributed by atoms with E-state index in [2.05, 4.69) is 19.0 Å². The van der Waals surface area contributed by atoms with Crippen LogP contribution in [-0.4, -0.2) is 12.6 Å². The van der Waals surface area contributed by atoms with Gasteiger partial charge in [-0.3, -0.25) is 0 Å². The van der Waals surface area contributed by atoms with Gasteiger partial charge in [0.15, 0.2) is 0 Å². The zero-order valence-corrected chi connectivity index (χ0v) is 7.92. The van der Waals surface area contributed by atoms with E-state index in [0.717, 1.165) is 18.8 Å². The van der Waals surface area contributed by atoms with Crippen LogP contribution in [0, 0.1) is 5.92 Å². The van der Waals surface area contributed by atoms with Gasteiger partial charge in [0.05, 0.1) is 0 Å². The van der Waals surface area contributed by atoms with E-state index in [9.17, 15) is 0 Å². The summed E-state index contributed by atoms with van der Waals surface area (Å²) in [7, 11) is 0. The fourth-order valence-electron chi connectivity index (χ4n) is 0.839. The molecule has 4 nitrogen and oxygen atoms in total. The molecule has 0 aromatic carbocycles. The molecule has 0 rings (SSSR count). The van der Waals surface area contributed by atoms with Crippen molar-refractivity contribution in [3.8, 4) is 0 Å². The third-order valence-electron chi connectivity index (χ3n) is 1.44.